The standard InChI is InChI=1S/C18H21F2N3O3/c1-12-15(13(2)26-21-12)11-22-7-9-23(10-8-22)17(24)14-5-3-4-6-16(14)25-18(19)20/h3-6,18H,7-11H2,1-2H3. The number of ether oxygens (including phenoxy) is 1. The first-order valence-electron chi connectivity index (χ1n) is 8.43. The van der Waals surface area contributed by atoms with Gasteiger partial charge in [0.15, 0.2) is 0 Å². The molecule has 140 valence electrons. The Labute approximate surface area is 150 Å². The molecule has 26 heavy (non-hydrogen) atoms. The Hall–Kier alpha value is -2.48. The van der Waals surface area contributed by atoms with Gasteiger partial charge in [0.05, 0.1) is 11.3 Å². The largest absolute Gasteiger partial charge is 0.434 e. The van der Waals surface area contributed by atoms with Crippen molar-refractivity contribution < 1.29 is 22.8 Å². The Morgan fingerprint density at radius 1 is 1.23 bits per heavy atom. The van der Waals surface area contributed by atoms with Gasteiger partial charge >= 0.3 is 6.61 Å². The summed E-state index contributed by atoms with van der Waals surface area (Å²) in [5.74, 6) is 0.419. The van der Waals surface area contributed by atoms with Crippen LogP contribution in [-0.4, -0.2) is 53.7 Å². The highest BCUT2D eigenvalue weighted by Gasteiger charge is 2.26. The lowest BCUT2D eigenvalue weighted by molar-refractivity contribution is -0.0503. The van der Waals surface area contributed by atoms with E-state index < -0.39 is 6.61 Å². The van der Waals surface area contributed by atoms with Crippen molar-refractivity contribution >= 4 is 5.91 Å². The van der Waals surface area contributed by atoms with Crippen molar-refractivity contribution in [3.63, 3.8) is 0 Å². The van der Waals surface area contributed by atoms with Crippen molar-refractivity contribution in [2.75, 3.05) is 26.2 Å². The average molecular weight is 365 g/mol. The van der Waals surface area contributed by atoms with E-state index in [0.717, 1.165) is 17.0 Å². The second kappa shape index (κ2) is 7.82. The zero-order chi connectivity index (χ0) is 18.7. The number of hydrogen-bond donors (Lipinski definition) is 0. The second-order valence-electron chi connectivity index (χ2n) is 6.25. The minimum Gasteiger partial charge on any atom is -0.434 e. The van der Waals surface area contributed by atoms with Crippen LogP contribution in [0, 0.1) is 13.8 Å². The van der Waals surface area contributed by atoms with E-state index >= 15 is 0 Å². The summed E-state index contributed by atoms with van der Waals surface area (Å²) in [5.41, 5.74) is 2.10. The molecule has 0 saturated carbocycles. The van der Waals surface area contributed by atoms with Crippen molar-refractivity contribution in [1.82, 2.24) is 15.0 Å². The molecule has 1 aliphatic heterocycles. The number of alkyl halides is 2. The predicted molar refractivity (Wildman–Crippen MR) is 90.2 cm³/mol. The Bertz CT molecular complexity index is 751. The molecule has 6 nitrogen and oxygen atoms in total. The number of halogens is 2. The molecular weight excluding hydrogens is 344 g/mol. The van der Waals surface area contributed by atoms with Crippen LogP contribution in [0.3, 0.4) is 0 Å². The first kappa shape index (κ1) is 18.3. The van der Waals surface area contributed by atoms with Gasteiger partial charge in [-0.25, -0.2) is 0 Å². The van der Waals surface area contributed by atoms with Crippen LogP contribution < -0.4 is 4.74 Å². The molecule has 1 amide bonds. The summed E-state index contributed by atoms with van der Waals surface area (Å²) < 4.78 is 34.7. The predicted octanol–water partition coefficient (Wildman–Crippen LogP) is 2.85. The number of benzene rings is 1. The van der Waals surface area contributed by atoms with Crippen molar-refractivity contribution in [3.8, 4) is 5.75 Å². The van der Waals surface area contributed by atoms with Gasteiger partial charge in [0, 0.05) is 38.3 Å². The van der Waals surface area contributed by atoms with Crippen molar-refractivity contribution in [3.05, 3.63) is 46.8 Å². The third kappa shape index (κ3) is 4.01. The molecule has 0 unspecified atom stereocenters. The number of para-hydroxylation sites is 1. The van der Waals surface area contributed by atoms with Crippen LogP contribution in [0.15, 0.2) is 28.8 Å². The van der Waals surface area contributed by atoms with Gasteiger partial charge in [-0.2, -0.15) is 8.78 Å². The van der Waals surface area contributed by atoms with Gasteiger partial charge in [-0.3, -0.25) is 9.69 Å². The number of aromatic nitrogens is 1. The van der Waals surface area contributed by atoms with E-state index in [4.69, 9.17) is 4.52 Å². The molecule has 8 heteroatoms. The monoisotopic (exact) mass is 365 g/mol. The fourth-order valence-electron chi connectivity index (χ4n) is 3.07. The molecule has 1 aromatic carbocycles. The Balaban J connectivity index is 1.62. The van der Waals surface area contributed by atoms with E-state index in [-0.39, 0.29) is 17.2 Å². The van der Waals surface area contributed by atoms with Gasteiger partial charge in [0.25, 0.3) is 5.91 Å². The third-order valence-electron chi connectivity index (χ3n) is 4.56. The van der Waals surface area contributed by atoms with E-state index in [2.05, 4.69) is 14.8 Å². The van der Waals surface area contributed by atoms with Crippen LogP contribution in [0.2, 0.25) is 0 Å². The lowest BCUT2D eigenvalue weighted by Gasteiger charge is -2.34. The smallest absolute Gasteiger partial charge is 0.387 e. The Morgan fingerprint density at radius 2 is 1.92 bits per heavy atom. The Kier molecular flexibility index (Phi) is 5.51. The average Bonchev–Trinajstić information content (AvgIpc) is 2.94. The molecule has 0 atom stereocenters. The molecule has 1 aliphatic rings. The number of carbonyl (C=O) groups excluding carboxylic acids is 1. The minimum atomic E-state index is -2.96. The molecule has 1 aromatic heterocycles. The fourth-order valence-corrected chi connectivity index (χ4v) is 3.07. The van der Waals surface area contributed by atoms with Crippen LogP contribution in [0.25, 0.3) is 0 Å². The second-order valence-corrected chi connectivity index (χ2v) is 6.25. The summed E-state index contributed by atoms with van der Waals surface area (Å²) in [6.07, 6.45) is 0. The molecule has 2 heterocycles. The number of carbonyl (C=O) groups is 1. The number of aryl methyl sites for hydroxylation is 2. The SMILES string of the molecule is Cc1noc(C)c1CN1CCN(C(=O)c2ccccc2OC(F)F)CC1. The topological polar surface area (TPSA) is 58.8 Å². The molecule has 0 aliphatic carbocycles. The number of amides is 1. The highest BCUT2D eigenvalue weighted by Crippen LogP contribution is 2.23. The van der Waals surface area contributed by atoms with E-state index in [0.29, 0.717) is 32.7 Å². The van der Waals surface area contributed by atoms with Crippen LogP contribution in [0.5, 0.6) is 5.75 Å². The number of nitrogens with zero attached hydrogens (tertiary/aromatic N) is 3. The summed E-state index contributed by atoms with van der Waals surface area (Å²) >= 11 is 0. The maximum atomic E-state index is 12.7. The summed E-state index contributed by atoms with van der Waals surface area (Å²) in [5, 5.41) is 3.96. The molecule has 2 aromatic rings. The maximum absolute atomic E-state index is 12.7. The highest BCUT2D eigenvalue weighted by atomic mass is 19.3. The first-order valence-corrected chi connectivity index (χ1v) is 8.43. The van der Waals surface area contributed by atoms with Gasteiger partial charge in [0.2, 0.25) is 0 Å². The van der Waals surface area contributed by atoms with Crippen LogP contribution in [-0.2, 0) is 6.54 Å². The number of piperazine rings is 1. The summed E-state index contributed by atoms with van der Waals surface area (Å²) in [4.78, 5) is 16.6. The van der Waals surface area contributed by atoms with Gasteiger partial charge in [-0.1, -0.05) is 17.3 Å². The molecular formula is C18H21F2N3O3. The highest BCUT2D eigenvalue weighted by molar-refractivity contribution is 5.97. The maximum Gasteiger partial charge on any atom is 0.387 e. The third-order valence-corrected chi connectivity index (χ3v) is 4.56. The molecule has 0 bridgehead atoms. The van der Waals surface area contributed by atoms with Crippen molar-refractivity contribution in [2.24, 2.45) is 0 Å². The quantitative estimate of drug-likeness (QED) is 0.816. The number of hydrogen-bond acceptors (Lipinski definition) is 5. The van der Waals surface area contributed by atoms with Gasteiger partial charge in [-0.05, 0) is 26.0 Å². The van der Waals surface area contributed by atoms with E-state index in [1.807, 2.05) is 13.8 Å². The van der Waals surface area contributed by atoms with Crippen molar-refractivity contribution in [2.45, 2.75) is 27.0 Å². The first-order chi connectivity index (χ1) is 12.5. The molecule has 1 saturated heterocycles. The van der Waals surface area contributed by atoms with E-state index in [1.165, 1.54) is 12.1 Å². The zero-order valence-corrected chi connectivity index (χ0v) is 14.7. The van der Waals surface area contributed by atoms with Gasteiger partial charge in [0.1, 0.15) is 11.5 Å². The molecule has 0 spiro atoms. The molecule has 3 rings (SSSR count). The lowest BCUT2D eigenvalue weighted by atomic mass is 10.1. The Morgan fingerprint density at radius 3 is 2.54 bits per heavy atom. The zero-order valence-electron chi connectivity index (χ0n) is 14.7. The van der Waals surface area contributed by atoms with Crippen molar-refractivity contribution in [1.29, 1.82) is 0 Å². The minimum absolute atomic E-state index is 0.0920. The fraction of sp³-hybridized carbons (Fsp3) is 0.444. The number of rotatable bonds is 5. The van der Waals surface area contributed by atoms with E-state index in [9.17, 15) is 13.6 Å². The van der Waals surface area contributed by atoms with Crippen LogP contribution >= 0.6 is 0 Å². The molecule has 0 radical (unpaired) electrons. The van der Waals surface area contributed by atoms with Gasteiger partial charge < -0.3 is 14.2 Å². The van der Waals surface area contributed by atoms with Gasteiger partial charge in [-0.15, -0.1) is 0 Å². The van der Waals surface area contributed by atoms with Crippen LogP contribution in [0.4, 0.5) is 8.78 Å². The summed E-state index contributed by atoms with van der Waals surface area (Å²) in [6, 6.07) is 6.10. The normalized spacial score (nSPS) is 15.5. The van der Waals surface area contributed by atoms with Crippen LogP contribution in [0.1, 0.15) is 27.4 Å². The lowest BCUT2D eigenvalue weighted by Crippen LogP contribution is -2.48. The summed E-state index contributed by atoms with van der Waals surface area (Å²) in [6.45, 7) is 3.96. The van der Waals surface area contributed by atoms with E-state index in [1.54, 1.807) is 17.0 Å². The summed E-state index contributed by atoms with van der Waals surface area (Å²) in [7, 11) is 0. The molecule has 0 N–H and O–H groups in total. The molecule has 1 fully saturated rings.